The molecule has 4 atom stereocenters. The summed E-state index contributed by atoms with van der Waals surface area (Å²) in [5.74, 6) is -2.91. The maximum absolute atomic E-state index is 13.2. The molecule has 220 valence electrons. The van der Waals surface area contributed by atoms with E-state index < -0.39 is 47.9 Å². The number of nitrogens with one attached hydrogen (secondary N) is 3. The molecular weight excluding hydrogens is 494 g/mol. The molecule has 0 aromatic rings. The van der Waals surface area contributed by atoms with Crippen LogP contribution in [0, 0.1) is 5.92 Å². The Balaban J connectivity index is 5.45. The second kappa shape index (κ2) is 20.1. The first-order chi connectivity index (χ1) is 17.9. The molecule has 14 nitrogen and oxygen atoms in total. The summed E-state index contributed by atoms with van der Waals surface area (Å²) in [6.07, 6.45) is 4.00. The van der Waals surface area contributed by atoms with Crippen molar-refractivity contribution in [3.63, 3.8) is 0 Å². The van der Waals surface area contributed by atoms with Crippen molar-refractivity contribution in [2.24, 2.45) is 39.6 Å². The minimum atomic E-state index is -1.22. The molecule has 0 radical (unpaired) electrons. The molecule has 4 unspecified atom stereocenters. The highest BCUT2D eigenvalue weighted by atomic mass is 16.4. The van der Waals surface area contributed by atoms with Crippen molar-refractivity contribution in [2.45, 2.75) is 95.8 Å². The van der Waals surface area contributed by atoms with Gasteiger partial charge in [0.15, 0.2) is 5.96 Å². The van der Waals surface area contributed by atoms with Crippen molar-refractivity contribution < 1.29 is 24.3 Å². The predicted octanol–water partition coefficient (Wildman–Crippen LogP) is -1.79. The normalized spacial score (nSPS) is 14.2. The van der Waals surface area contributed by atoms with Crippen LogP contribution in [-0.2, 0) is 19.2 Å². The summed E-state index contributed by atoms with van der Waals surface area (Å²) < 4.78 is 0. The molecule has 14 heteroatoms. The van der Waals surface area contributed by atoms with Gasteiger partial charge in [-0.2, -0.15) is 0 Å². The summed E-state index contributed by atoms with van der Waals surface area (Å²) in [6.45, 7) is 4.92. The number of carbonyl (C=O) groups is 4. The maximum atomic E-state index is 13.2. The molecule has 0 fully saturated rings. The fourth-order valence-corrected chi connectivity index (χ4v) is 3.69. The van der Waals surface area contributed by atoms with E-state index in [9.17, 15) is 24.3 Å². The number of nitrogens with zero attached hydrogens (tertiary/aromatic N) is 1. The Bertz CT molecular complexity index is 760. The van der Waals surface area contributed by atoms with Gasteiger partial charge in [0.25, 0.3) is 0 Å². The predicted molar refractivity (Wildman–Crippen MR) is 147 cm³/mol. The summed E-state index contributed by atoms with van der Waals surface area (Å²) >= 11 is 0. The lowest BCUT2D eigenvalue weighted by atomic mass is 10.0. The molecule has 0 rings (SSSR count). The van der Waals surface area contributed by atoms with Crippen LogP contribution in [0.5, 0.6) is 0 Å². The summed E-state index contributed by atoms with van der Waals surface area (Å²) in [6, 6.07) is -3.91. The van der Waals surface area contributed by atoms with Gasteiger partial charge in [0.2, 0.25) is 17.7 Å². The highest BCUT2D eigenvalue weighted by Gasteiger charge is 2.30. The van der Waals surface area contributed by atoms with Gasteiger partial charge in [-0.3, -0.25) is 19.4 Å². The molecule has 0 saturated carbocycles. The molecule has 0 spiro atoms. The van der Waals surface area contributed by atoms with Crippen LogP contribution >= 0.6 is 0 Å². The van der Waals surface area contributed by atoms with Crippen LogP contribution < -0.4 is 44.6 Å². The smallest absolute Gasteiger partial charge is 0.326 e. The van der Waals surface area contributed by atoms with Crippen LogP contribution in [0.1, 0.15) is 71.6 Å². The van der Waals surface area contributed by atoms with Gasteiger partial charge >= 0.3 is 5.97 Å². The SMILES string of the molecule is CC(C)CC(NC(=O)C(N)CCCCN)C(=O)NC(CCCCN)C(=O)NC(CCCN=C(N)N)C(=O)O. The Morgan fingerprint density at radius 3 is 1.76 bits per heavy atom. The molecule has 0 aliphatic rings. The van der Waals surface area contributed by atoms with Gasteiger partial charge < -0.3 is 49.7 Å². The molecular formula is C24H49N9O5. The first kappa shape index (κ1) is 35.0. The topological polar surface area (TPSA) is 267 Å². The Morgan fingerprint density at radius 2 is 1.24 bits per heavy atom. The van der Waals surface area contributed by atoms with Gasteiger partial charge in [0.1, 0.15) is 18.1 Å². The highest BCUT2D eigenvalue weighted by Crippen LogP contribution is 2.09. The average molecular weight is 544 g/mol. The van der Waals surface area contributed by atoms with E-state index in [1.54, 1.807) is 0 Å². The molecule has 0 aliphatic carbocycles. The lowest BCUT2D eigenvalue weighted by Gasteiger charge is -2.26. The van der Waals surface area contributed by atoms with Gasteiger partial charge in [-0.1, -0.05) is 20.3 Å². The van der Waals surface area contributed by atoms with E-state index in [4.69, 9.17) is 28.7 Å². The number of amides is 3. The number of hydrogen-bond donors (Lipinski definition) is 9. The van der Waals surface area contributed by atoms with Gasteiger partial charge in [0, 0.05) is 6.54 Å². The molecule has 14 N–H and O–H groups in total. The van der Waals surface area contributed by atoms with E-state index >= 15 is 0 Å². The van der Waals surface area contributed by atoms with Crippen LogP contribution in [0.3, 0.4) is 0 Å². The standard InChI is InChI=1S/C24H49N9O5/c1-15(2)14-19(33-20(34)16(27)8-3-5-11-25)22(36)31-17(9-4-6-12-26)21(35)32-18(23(37)38)10-7-13-30-24(28)29/h15-19H,3-14,25-27H2,1-2H3,(H,31,36)(H,32,35)(H,33,34)(H,37,38)(H4,28,29,30). The Morgan fingerprint density at radius 1 is 0.737 bits per heavy atom. The van der Waals surface area contributed by atoms with Crippen LogP contribution in [-0.4, -0.2) is 78.6 Å². The number of nitrogens with two attached hydrogens (primary N) is 5. The van der Waals surface area contributed by atoms with Crippen LogP contribution in [0.25, 0.3) is 0 Å². The van der Waals surface area contributed by atoms with Crippen molar-refractivity contribution in [1.82, 2.24) is 16.0 Å². The summed E-state index contributed by atoms with van der Waals surface area (Å²) in [4.78, 5) is 54.4. The van der Waals surface area contributed by atoms with E-state index in [2.05, 4.69) is 20.9 Å². The van der Waals surface area contributed by atoms with E-state index in [1.165, 1.54) is 0 Å². The Kier molecular flexibility index (Phi) is 18.5. The molecule has 0 aromatic heterocycles. The first-order valence-corrected chi connectivity index (χ1v) is 13.3. The van der Waals surface area contributed by atoms with Gasteiger partial charge in [-0.15, -0.1) is 0 Å². The maximum Gasteiger partial charge on any atom is 0.326 e. The van der Waals surface area contributed by atoms with Gasteiger partial charge in [-0.05, 0) is 70.4 Å². The lowest BCUT2D eigenvalue weighted by Crippen LogP contribution is -2.57. The largest absolute Gasteiger partial charge is 0.480 e. The third-order valence-electron chi connectivity index (χ3n) is 5.79. The van der Waals surface area contributed by atoms with Gasteiger partial charge in [-0.25, -0.2) is 4.79 Å². The monoisotopic (exact) mass is 543 g/mol. The average Bonchev–Trinajstić information content (AvgIpc) is 2.84. The zero-order valence-electron chi connectivity index (χ0n) is 22.8. The van der Waals surface area contributed by atoms with E-state index in [0.29, 0.717) is 51.6 Å². The number of aliphatic carboxylic acids is 1. The molecule has 38 heavy (non-hydrogen) atoms. The van der Waals surface area contributed by atoms with E-state index in [0.717, 1.165) is 6.42 Å². The minimum Gasteiger partial charge on any atom is -0.480 e. The molecule has 0 heterocycles. The number of carbonyl (C=O) groups excluding carboxylic acids is 3. The van der Waals surface area contributed by atoms with Crippen molar-refractivity contribution in [3.8, 4) is 0 Å². The zero-order chi connectivity index (χ0) is 29.1. The van der Waals surface area contributed by atoms with Crippen LogP contribution in [0.2, 0.25) is 0 Å². The third kappa shape index (κ3) is 16.0. The molecule has 0 aliphatic heterocycles. The number of aliphatic imine (C=N–C) groups is 1. The molecule has 0 saturated heterocycles. The molecule has 3 amide bonds. The van der Waals surface area contributed by atoms with Crippen molar-refractivity contribution in [3.05, 3.63) is 0 Å². The van der Waals surface area contributed by atoms with E-state index in [-0.39, 0.29) is 31.3 Å². The number of carboxylic acid groups (broad SMARTS) is 1. The van der Waals surface area contributed by atoms with E-state index in [1.807, 2.05) is 13.8 Å². The fraction of sp³-hybridized carbons (Fsp3) is 0.792. The molecule has 0 bridgehead atoms. The number of hydrogen-bond acceptors (Lipinski definition) is 8. The number of carboxylic acids is 1. The highest BCUT2D eigenvalue weighted by molar-refractivity contribution is 5.94. The van der Waals surface area contributed by atoms with Gasteiger partial charge in [0.05, 0.1) is 6.04 Å². The fourth-order valence-electron chi connectivity index (χ4n) is 3.69. The number of guanidine groups is 1. The van der Waals surface area contributed by atoms with Crippen LogP contribution in [0.4, 0.5) is 0 Å². The second-order valence-corrected chi connectivity index (χ2v) is 9.78. The van der Waals surface area contributed by atoms with Crippen molar-refractivity contribution >= 4 is 29.7 Å². The van der Waals surface area contributed by atoms with Crippen molar-refractivity contribution in [2.75, 3.05) is 19.6 Å². The summed E-state index contributed by atoms with van der Waals surface area (Å²) in [5, 5.41) is 17.4. The number of rotatable bonds is 21. The number of unbranched alkanes of at least 4 members (excludes halogenated alkanes) is 2. The zero-order valence-corrected chi connectivity index (χ0v) is 22.8. The minimum absolute atomic E-state index is 0.0608. The van der Waals surface area contributed by atoms with Crippen molar-refractivity contribution in [1.29, 1.82) is 0 Å². The second-order valence-electron chi connectivity index (χ2n) is 9.78. The Labute approximate surface area is 225 Å². The molecule has 0 aromatic carbocycles. The van der Waals surface area contributed by atoms with Crippen LogP contribution in [0.15, 0.2) is 4.99 Å². The first-order valence-electron chi connectivity index (χ1n) is 13.3. The Hall–Kier alpha value is -2.97. The third-order valence-corrected chi connectivity index (χ3v) is 5.79. The quantitative estimate of drug-likeness (QED) is 0.0445. The summed E-state index contributed by atoms with van der Waals surface area (Å²) in [5.41, 5.74) is 27.6. The lowest BCUT2D eigenvalue weighted by molar-refractivity contribution is -0.142. The summed E-state index contributed by atoms with van der Waals surface area (Å²) in [7, 11) is 0.